The van der Waals surface area contributed by atoms with Crippen molar-refractivity contribution in [2.24, 2.45) is 0 Å². The molecule has 0 radical (unpaired) electrons. The first kappa shape index (κ1) is 15.3. The molecule has 2 atom stereocenters. The number of benzene rings is 1. The third kappa shape index (κ3) is 3.31. The molecule has 2 unspecified atom stereocenters. The number of rotatable bonds is 4. The van der Waals surface area contributed by atoms with Crippen LogP contribution in [0.1, 0.15) is 29.9 Å². The van der Waals surface area contributed by atoms with E-state index < -0.39 is 6.10 Å². The number of carbonyl (C=O) groups is 1. The van der Waals surface area contributed by atoms with Crippen molar-refractivity contribution < 1.29 is 9.90 Å². The van der Waals surface area contributed by atoms with E-state index >= 15 is 0 Å². The van der Waals surface area contributed by atoms with Gasteiger partial charge in [-0.25, -0.2) is 0 Å². The van der Waals surface area contributed by atoms with Gasteiger partial charge in [-0.15, -0.1) is 11.3 Å². The summed E-state index contributed by atoms with van der Waals surface area (Å²) in [6.45, 7) is 3.57. The van der Waals surface area contributed by atoms with E-state index in [9.17, 15) is 9.90 Å². The van der Waals surface area contributed by atoms with Crippen molar-refractivity contribution in [2.75, 3.05) is 5.73 Å². The highest BCUT2D eigenvalue weighted by Crippen LogP contribution is 2.35. The Balaban J connectivity index is 2.24. The van der Waals surface area contributed by atoms with E-state index in [1.54, 1.807) is 6.92 Å². The highest BCUT2D eigenvalue weighted by molar-refractivity contribution is 9.10. The van der Waals surface area contributed by atoms with Crippen molar-refractivity contribution in [3.63, 3.8) is 0 Å². The predicted octanol–water partition coefficient (Wildman–Crippen LogP) is 3.14. The Hall–Kier alpha value is -1.11. The Morgan fingerprint density at radius 2 is 2.20 bits per heavy atom. The minimum atomic E-state index is -0.444. The maximum Gasteiger partial charge on any atom is 0.263 e. The van der Waals surface area contributed by atoms with E-state index in [4.69, 9.17) is 5.73 Å². The number of nitrogens with one attached hydrogen (secondary N) is 1. The van der Waals surface area contributed by atoms with Gasteiger partial charge in [-0.2, -0.15) is 0 Å². The third-order valence-corrected chi connectivity index (χ3v) is 4.63. The molecular formula is C14H17BrN2O2S. The second-order valence-electron chi connectivity index (χ2n) is 4.94. The van der Waals surface area contributed by atoms with Crippen molar-refractivity contribution in [3.8, 4) is 0 Å². The summed E-state index contributed by atoms with van der Waals surface area (Å²) in [4.78, 5) is 12.8. The maximum atomic E-state index is 12.2. The fourth-order valence-corrected chi connectivity index (χ4v) is 3.70. The first-order chi connectivity index (χ1) is 9.38. The summed E-state index contributed by atoms with van der Waals surface area (Å²) in [7, 11) is 0. The lowest BCUT2D eigenvalue weighted by atomic mass is 10.1. The van der Waals surface area contributed by atoms with E-state index in [-0.39, 0.29) is 11.9 Å². The Labute approximate surface area is 130 Å². The quantitative estimate of drug-likeness (QED) is 0.787. The number of nitrogens with two attached hydrogens (primary N) is 1. The van der Waals surface area contributed by atoms with Crippen molar-refractivity contribution in [1.82, 2.24) is 5.32 Å². The standard InChI is InChI=1S/C14H17BrN2O2S/c1-7(5-8(2)18)17-14(19)13-12(16)10-4-3-9(15)6-11(10)20-13/h3-4,6-8,18H,5,16H2,1-2H3,(H,17,19). The molecule has 0 aliphatic carbocycles. The summed E-state index contributed by atoms with van der Waals surface area (Å²) < 4.78 is 1.94. The minimum absolute atomic E-state index is 0.0983. The van der Waals surface area contributed by atoms with E-state index in [1.807, 2.05) is 25.1 Å². The van der Waals surface area contributed by atoms with Gasteiger partial charge in [-0.05, 0) is 32.4 Å². The van der Waals surface area contributed by atoms with Crippen molar-refractivity contribution >= 4 is 48.9 Å². The lowest BCUT2D eigenvalue weighted by Gasteiger charge is -2.14. The Morgan fingerprint density at radius 3 is 2.85 bits per heavy atom. The molecule has 20 heavy (non-hydrogen) atoms. The predicted molar refractivity (Wildman–Crippen MR) is 87.2 cm³/mol. The molecular weight excluding hydrogens is 340 g/mol. The highest BCUT2D eigenvalue weighted by atomic mass is 79.9. The minimum Gasteiger partial charge on any atom is -0.397 e. The molecule has 1 heterocycles. The molecule has 0 bridgehead atoms. The Bertz CT molecular complexity index is 639. The number of nitrogen functional groups attached to an aromatic ring is 1. The van der Waals surface area contributed by atoms with Gasteiger partial charge >= 0.3 is 0 Å². The molecule has 1 amide bonds. The summed E-state index contributed by atoms with van der Waals surface area (Å²) in [5, 5.41) is 13.1. The summed E-state index contributed by atoms with van der Waals surface area (Å²) in [6, 6.07) is 5.66. The molecule has 0 aliphatic heterocycles. The first-order valence-electron chi connectivity index (χ1n) is 6.35. The van der Waals surface area contributed by atoms with Crippen molar-refractivity contribution in [2.45, 2.75) is 32.4 Å². The van der Waals surface area contributed by atoms with Crippen LogP contribution in [-0.4, -0.2) is 23.2 Å². The van der Waals surface area contributed by atoms with Gasteiger partial charge in [0.1, 0.15) is 4.88 Å². The second-order valence-corrected chi connectivity index (χ2v) is 6.91. The van der Waals surface area contributed by atoms with Crippen molar-refractivity contribution in [1.29, 1.82) is 0 Å². The van der Waals surface area contributed by atoms with E-state index in [0.29, 0.717) is 17.0 Å². The van der Waals surface area contributed by atoms with Crippen LogP contribution in [0.5, 0.6) is 0 Å². The number of hydrogen-bond donors (Lipinski definition) is 3. The number of anilines is 1. The summed E-state index contributed by atoms with van der Waals surface area (Å²) >= 11 is 4.79. The first-order valence-corrected chi connectivity index (χ1v) is 7.96. The summed E-state index contributed by atoms with van der Waals surface area (Å²) in [6.07, 6.45) is 0.0725. The zero-order valence-corrected chi connectivity index (χ0v) is 13.7. The van der Waals surface area contributed by atoms with Crippen molar-refractivity contribution in [3.05, 3.63) is 27.5 Å². The number of carbonyl (C=O) groups excluding carboxylic acids is 1. The van der Waals surface area contributed by atoms with Gasteiger partial charge < -0.3 is 16.2 Å². The average Bonchev–Trinajstić information content (AvgIpc) is 2.65. The van der Waals surface area contributed by atoms with E-state index in [1.165, 1.54) is 11.3 Å². The smallest absolute Gasteiger partial charge is 0.263 e. The van der Waals surface area contributed by atoms with Crippen LogP contribution in [0.2, 0.25) is 0 Å². The molecule has 2 rings (SSSR count). The van der Waals surface area contributed by atoms with Crippen LogP contribution in [0, 0.1) is 0 Å². The zero-order chi connectivity index (χ0) is 14.9. The van der Waals surface area contributed by atoms with E-state index in [0.717, 1.165) is 14.6 Å². The molecule has 4 nitrogen and oxygen atoms in total. The number of aliphatic hydroxyl groups excluding tert-OH is 1. The zero-order valence-electron chi connectivity index (χ0n) is 11.3. The molecule has 1 aromatic carbocycles. The Kier molecular flexibility index (Phi) is 4.67. The molecule has 1 aromatic heterocycles. The number of amides is 1. The maximum absolute atomic E-state index is 12.2. The van der Waals surface area contributed by atoms with Crippen LogP contribution >= 0.6 is 27.3 Å². The molecule has 4 N–H and O–H groups in total. The van der Waals surface area contributed by atoms with Crippen LogP contribution in [0.15, 0.2) is 22.7 Å². The number of halogens is 1. The molecule has 6 heteroatoms. The average molecular weight is 357 g/mol. The van der Waals surface area contributed by atoms with Gasteiger partial charge in [0.2, 0.25) is 0 Å². The van der Waals surface area contributed by atoms with Gasteiger partial charge in [0, 0.05) is 20.6 Å². The van der Waals surface area contributed by atoms with Gasteiger partial charge in [0.15, 0.2) is 0 Å². The molecule has 0 saturated heterocycles. The molecule has 0 spiro atoms. The van der Waals surface area contributed by atoms with Gasteiger partial charge in [-0.3, -0.25) is 4.79 Å². The monoisotopic (exact) mass is 356 g/mol. The largest absolute Gasteiger partial charge is 0.397 e. The van der Waals surface area contributed by atoms with Crippen LogP contribution in [-0.2, 0) is 0 Å². The van der Waals surface area contributed by atoms with Gasteiger partial charge in [0.05, 0.1) is 11.8 Å². The molecule has 0 fully saturated rings. The molecule has 0 saturated carbocycles. The number of hydrogen-bond acceptors (Lipinski definition) is 4. The van der Waals surface area contributed by atoms with Crippen LogP contribution in [0.4, 0.5) is 5.69 Å². The van der Waals surface area contributed by atoms with Gasteiger partial charge in [-0.1, -0.05) is 22.0 Å². The normalized spacial score (nSPS) is 14.2. The highest BCUT2D eigenvalue weighted by Gasteiger charge is 2.18. The van der Waals surface area contributed by atoms with E-state index in [2.05, 4.69) is 21.2 Å². The Morgan fingerprint density at radius 1 is 1.50 bits per heavy atom. The topological polar surface area (TPSA) is 75.3 Å². The number of fused-ring (bicyclic) bond motifs is 1. The van der Waals surface area contributed by atoms with Crippen LogP contribution < -0.4 is 11.1 Å². The van der Waals surface area contributed by atoms with Crippen LogP contribution in [0.25, 0.3) is 10.1 Å². The summed E-state index contributed by atoms with van der Waals surface area (Å²) in [5.41, 5.74) is 6.57. The molecule has 0 aliphatic rings. The van der Waals surface area contributed by atoms with Gasteiger partial charge in [0.25, 0.3) is 5.91 Å². The number of thiophene rings is 1. The lowest BCUT2D eigenvalue weighted by Crippen LogP contribution is -2.34. The summed E-state index contributed by atoms with van der Waals surface area (Å²) in [5.74, 6) is -0.187. The third-order valence-electron chi connectivity index (χ3n) is 2.97. The SMILES string of the molecule is CC(O)CC(C)NC(=O)c1sc2cc(Br)ccc2c1N. The van der Waals surface area contributed by atoms with Crippen LogP contribution in [0.3, 0.4) is 0 Å². The molecule has 108 valence electrons. The number of aliphatic hydroxyl groups is 1. The lowest BCUT2D eigenvalue weighted by molar-refractivity contribution is 0.0928. The second kappa shape index (κ2) is 6.11. The fraction of sp³-hybridized carbons (Fsp3) is 0.357. The molecule has 2 aromatic rings. The fourth-order valence-electron chi connectivity index (χ4n) is 2.12.